The van der Waals surface area contributed by atoms with Crippen molar-refractivity contribution in [3.05, 3.63) is 53.6 Å². The molecule has 0 saturated heterocycles. The van der Waals surface area contributed by atoms with E-state index in [1.165, 1.54) is 30.3 Å². The summed E-state index contributed by atoms with van der Waals surface area (Å²) >= 11 is 0. The number of pyridine rings is 1. The highest BCUT2D eigenvalue weighted by Crippen LogP contribution is 2.25. The number of hydrogen-bond donors (Lipinski definition) is 1. The average Bonchev–Trinajstić information content (AvgIpc) is 2.39. The molecule has 1 aromatic carbocycles. The molecule has 0 aliphatic heterocycles. The third-order valence-electron chi connectivity index (χ3n) is 2.36. The Balaban J connectivity index is 2.34. The molecular formula is C13H9FN2O3. The van der Waals surface area contributed by atoms with Gasteiger partial charge in [0.15, 0.2) is 0 Å². The molecule has 2 rings (SSSR count). The fourth-order valence-corrected chi connectivity index (χ4v) is 1.47. The van der Waals surface area contributed by atoms with Crippen LogP contribution in [0.4, 0.5) is 4.39 Å². The number of ether oxygens (including phenoxy) is 1. The van der Waals surface area contributed by atoms with Crippen LogP contribution >= 0.6 is 0 Å². The van der Waals surface area contributed by atoms with Crippen LogP contribution in [0.15, 0.2) is 36.5 Å². The molecule has 1 aromatic heterocycles. The molecule has 2 N–H and O–H groups in total. The Hall–Kier alpha value is -2.76. The molecule has 6 heteroatoms. The van der Waals surface area contributed by atoms with E-state index in [2.05, 4.69) is 4.98 Å². The van der Waals surface area contributed by atoms with Gasteiger partial charge < -0.3 is 10.5 Å². The van der Waals surface area contributed by atoms with Crippen molar-refractivity contribution in [1.82, 2.24) is 4.98 Å². The maximum Gasteiger partial charge on any atom is 0.257 e. The number of rotatable bonds is 4. The van der Waals surface area contributed by atoms with Crippen LogP contribution in [0.25, 0.3) is 0 Å². The van der Waals surface area contributed by atoms with Crippen LogP contribution in [0.1, 0.15) is 20.7 Å². The lowest BCUT2D eigenvalue weighted by Crippen LogP contribution is -2.15. The normalized spacial score (nSPS) is 9.95. The first-order valence-electron chi connectivity index (χ1n) is 5.29. The van der Waals surface area contributed by atoms with Gasteiger partial charge >= 0.3 is 0 Å². The highest BCUT2D eigenvalue weighted by Gasteiger charge is 2.16. The summed E-state index contributed by atoms with van der Waals surface area (Å²) in [5.41, 5.74) is 5.13. The standard InChI is InChI=1S/C13H9FN2O3/c14-12-11(13(15)18)10(5-6-16-12)19-9-3-1-8(7-17)2-4-9/h1-7H,(H2,15,18). The maximum absolute atomic E-state index is 13.4. The van der Waals surface area contributed by atoms with Crippen molar-refractivity contribution in [2.75, 3.05) is 0 Å². The van der Waals surface area contributed by atoms with E-state index >= 15 is 0 Å². The second-order valence-corrected chi connectivity index (χ2v) is 3.63. The van der Waals surface area contributed by atoms with Gasteiger partial charge in [0.2, 0.25) is 5.95 Å². The molecule has 0 radical (unpaired) electrons. The van der Waals surface area contributed by atoms with Gasteiger partial charge in [-0.15, -0.1) is 0 Å². The number of carbonyl (C=O) groups excluding carboxylic acids is 2. The third-order valence-corrected chi connectivity index (χ3v) is 2.36. The van der Waals surface area contributed by atoms with Crippen LogP contribution < -0.4 is 10.5 Å². The van der Waals surface area contributed by atoms with Crippen LogP contribution in [0.5, 0.6) is 11.5 Å². The minimum atomic E-state index is -0.991. The van der Waals surface area contributed by atoms with Gasteiger partial charge in [-0.2, -0.15) is 4.39 Å². The monoisotopic (exact) mass is 260 g/mol. The second-order valence-electron chi connectivity index (χ2n) is 3.63. The van der Waals surface area contributed by atoms with Gasteiger partial charge in [-0.1, -0.05) is 0 Å². The van der Waals surface area contributed by atoms with Gasteiger partial charge in [-0.25, -0.2) is 4.98 Å². The highest BCUT2D eigenvalue weighted by atomic mass is 19.1. The van der Waals surface area contributed by atoms with E-state index in [1.807, 2.05) is 0 Å². The number of primary amides is 1. The fraction of sp³-hybridized carbons (Fsp3) is 0. The minimum Gasteiger partial charge on any atom is -0.456 e. The zero-order valence-electron chi connectivity index (χ0n) is 9.67. The summed E-state index contributed by atoms with van der Waals surface area (Å²) in [5, 5.41) is 0. The number of aromatic nitrogens is 1. The minimum absolute atomic E-state index is 0.0288. The second kappa shape index (κ2) is 5.26. The van der Waals surface area contributed by atoms with Gasteiger partial charge in [-0.05, 0) is 24.3 Å². The smallest absolute Gasteiger partial charge is 0.257 e. The predicted molar refractivity (Wildman–Crippen MR) is 64.6 cm³/mol. The Bertz CT molecular complexity index is 626. The zero-order valence-corrected chi connectivity index (χ0v) is 9.67. The maximum atomic E-state index is 13.4. The van der Waals surface area contributed by atoms with Gasteiger partial charge in [-0.3, -0.25) is 9.59 Å². The number of aldehydes is 1. The highest BCUT2D eigenvalue weighted by molar-refractivity contribution is 5.95. The van der Waals surface area contributed by atoms with Crippen LogP contribution in [0.2, 0.25) is 0 Å². The quantitative estimate of drug-likeness (QED) is 0.672. The molecule has 0 fully saturated rings. The molecule has 19 heavy (non-hydrogen) atoms. The largest absolute Gasteiger partial charge is 0.456 e. The molecule has 5 nitrogen and oxygen atoms in total. The Morgan fingerprint density at radius 2 is 1.95 bits per heavy atom. The Morgan fingerprint density at radius 3 is 2.53 bits per heavy atom. The first-order valence-corrected chi connectivity index (χ1v) is 5.29. The SMILES string of the molecule is NC(=O)c1c(Oc2ccc(C=O)cc2)ccnc1F. The molecule has 1 amide bonds. The number of amides is 1. The average molecular weight is 260 g/mol. The summed E-state index contributed by atoms with van der Waals surface area (Å²) in [6, 6.07) is 7.43. The lowest BCUT2D eigenvalue weighted by atomic mass is 10.2. The number of halogens is 1. The number of nitrogens with two attached hydrogens (primary N) is 1. The molecule has 1 heterocycles. The van der Waals surface area contributed by atoms with Gasteiger partial charge in [0.1, 0.15) is 23.3 Å². The van der Waals surface area contributed by atoms with Crippen molar-refractivity contribution in [2.45, 2.75) is 0 Å². The summed E-state index contributed by atoms with van der Waals surface area (Å²) in [6.07, 6.45) is 1.85. The summed E-state index contributed by atoms with van der Waals surface area (Å²) in [4.78, 5) is 25.0. The zero-order chi connectivity index (χ0) is 13.8. The van der Waals surface area contributed by atoms with E-state index in [0.717, 1.165) is 6.20 Å². The summed E-state index contributed by atoms with van der Waals surface area (Å²) < 4.78 is 18.7. The Morgan fingerprint density at radius 1 is 1.26 bits per heavy atom. The lowest BCUT2D eigenvalue weighted by molar-refractivity contribution is 0.0992. The van der Waals surface area contributed by atoms with Crippen LogP contribution in [0, 0.1) is 5.95 Å². The fourth-order valence-electron chi connectivity index (χ4n) is 1.47. The van der Waals surface area contributed by atoms with Crippen molar-refractivity contribution in [3.8, 4) is 11.5 Å². The van der Waals surface area contributed by atoms with Crippen molar-refractivity contribution < 1.29 is 18.7 Å². The van der Waals surface area contributed by atoms with E-state index in [4.69, 9.17) is 10.5 Å². The third kappa shape index (κ3) is 2.74. The number of carbonyl (C=O) groups is 2. The van der Waals surface area contributed by atoms with Crippen molar-refractivity contribution >= 4 is 12.2 Å². The molecular weight excluding hydrogens is 251 g/mol. The Kier molecular flexibility index (Phi) is 3.51. The van der Waals surface area contributed by atoms with Crippen LogP contribution in [-0.2, 0) is 0 Å². The first-order chi connectivity index (χ1) is 9.11. The summed E-state index contributed by atoms with van der Waals surface area (Å²) in [5.74, 6) is -1.64. The summed E-state index contributed by atoms with van der Waals surface area (Å²) in [6.45, 7) is 0. The van der Waals surface area contributed by atoms with Crippen molar-refractivity contribution in [1.29, 1.82) is 0 Å². The number of nitrogens with zero attached hydrogens (tertiary/aromatic N) is 1. The van der Waals surface area contributed by atoms with E-state index in [1.54, 1.807) is 0 Å². The van der Waals surface area contributed by atoms with Crippen LogP contribution in [-0.4, -0.2) is 17.2 Å². The number of benzene rings is 1. The molecule has 0 atom stereocenters. The lowest BCUT2D eigenvalue weighted by Gasteiger charge is -2.09. The van der Waals surface area contributed by atoms with E-state index in [9.17, 15) is 14.0 Å². The molecule has 0 saturated carbocycles. The van der Waals surface area contributed by atoms with E-state index in [-0.39, 0.29) is 5.75 Å². The van der Waals surface area contributed by atoms with E-state index < -0.39 is 17.4 Å². The van der Waals surface area contributed by atoms with Crippen molar-refractivity contribution in [2.24, 2.45) is 5.73 Å². The van der Waals surface area contributed by atoms with Gasteiger partial charge in [0.05, 0.1) is 0 Å². The first kappa shape index (κ1) is 12.7. The molecule has 0 bridgehead atoms. The van der Waals surface area contributed by atoms with Crippen molar-refractivity contribution in [3.63, 3.8) is 0 Å². The molecule has 0 aliphatic rings. The molecule has 0 aliphatic carbocycles. The molecule has 0 unspecified atom stereocenters. The topological polar surface area (TPSA) is 82.3 Å². The molecule has 96 valence electrons. The summed E-state index contributed by atoms with van der Waals surface area (Å²) in [7, 11) is 0. The Labute approximate surface area is 107 Å². The van der Waals surface area contributed by atoms with Gasteiger partial charge in [0, 0.05) is 17.8 Å². The molecule has 2 aromatic rings. The molecule has 0 spiro atoms. The van der Waals surface area contributed by atoms with E-state index in [0.29, 0.717) is 17.6 Å². The number of hydrogen-bond acceptors (Lipinski definition) is 4. The predicted octanol–water partition coefficient (Wildman–Crippen LogP) is 1.92. The van der Waals surface area contributed by atoms with Crippen LogP contribution in [0.3, 0.4) is 0 Å². The van der Waals surface area contributed by atoms with Gasteiger partial charge in [0.25, 0.3) is 5.91 Å².